The van der Waals surface area contributed by atoms with Crippen LogP contribution in [0.5, 0.6) is 5.75 Å². The highest BCUT2D eigenvalue weighted by atomic mass is 32.2. The van der Waals surface area contributed by atoms with E-state index in [1.807, 2.05) is 24.3 Å². The van der Waals surface area contributed by atoms with Crippen molar-refractivity contribution in [3.63, 3.8) is 0 Å². The molecule has 1 saturated heterocycles. The van der Waals surface area contributed by atoms with Gasteiger partial charge in [0.15, 0.2) is 11.0 Å². The van der Waals surface area contributed by atoms with Crippen molar-refractivity contribution in [2.24, 2.45) is 4.99 Å². The first-order valence-corrected chi connectivity index (χ1v) is 16.6. The van der Waals surface area contributed by atoms with Crippen molar-refractivity contribution in [2.75, 3.05) is 17.2 Å². The molecular formula is C35H39F3N6O2S. The average Bonchev–Trinajstić information content (AvgIpc) is 3.51. The van der Waals surface area contributed by atoms with Crippen molar-refractivity contribution >= 4 is 28.6 Å². The molecule has 248 valence electrons. The number of carbonyl (C=O) groups excluding carboxylic acids is 1. The van der Waals surface area contributed by atoms with Gasteiger partial charge in [0.25, 0.3) is 0 Å². The van der Waals surface area contributed by atoms with Gasteiger partial charge >= 0.3 is 12.4 Å². The number of benzene rings is 3. The number of aliphatic imine (C=N–C) groups is 1. The number of carbonyl (C=O) groups is 1. The largest absolute Gasteiger partial charge is 0.573 e. The van der Waals surface area contributed by atoms with E-state index in [1.54, 1.807) is 11.8 Å². The summed E-state index contributed by atoms with van der Waals surface area (Å²) < 4.78 is 42.7. The summed E-state index contributed by atoms with van der Waals surface area (Å²) in [4.78, 5) is 24.1. The van der Waals surface area contributed by atoms with E-state index in [9.17, 15) is 18.0 Å². The number of hydrogen-bond donors (Lipinski definition) is 1. The van der Waals surface area contributed by atoms with Crippen molar-refractivity contribution in [1.82, 2.24) is 20.1 Å². The minimum Gasteiger partial charge on any atom is -0.406 e. The number of thioether (sulfide) groups is 1. The molecule has 3 aromatic carbocycles. The number of urea groups is 1. The van der Waals surface area contributed by atoms with E-state index < -0.39 is 6.36 Å². The molecule has 0 bridgehead atoms. The Morgan fingerprint density at radius 3 is 2.49 bits per heavy atom. The number of ether oxygens (including phenoxy) is 1. The number of aryl methyl sites for hydroxylation is 1. The Balaban J connectivity index is 1.17. The summed E-state index contributed by atoms with van der Waals surface area (Å²) in [5.74, 6) is 1.63. The normalized spacial score (nSPS) is 16.8. The Bertz CT molecular complexity index is 1700. The van der Waals surface area contributed by atoms with Crippen LogP contribution in [-0.2, 0) is 0 Å². The van der Waals surface area contributed by atoms with Crippen LogP contribution in [0.4, 0.5) is 23.7 Å². The fraction of sp³-hybridized carbons (Fsp3) is 0.371. The van der Waals surface area contributed by atoms with Gasteiger partial charge in [-0.15, -0.1) is 18.3 Å². The number of halogens is 3. The number of aromatic nitrogens is 3. The van der Waals surface area contributed by atoms with Crippen molar-refractivity contribution in [2.45, 2.75) is 71.7 Å². The first kappa shape index (κ1) is 34.0. The Hall–Kier alpha value is -4.32. The zero-order valence-corrected chi connectivity index (χ0v) is 27.9. The molecule has 2 atom stereocenters. The summed E-state index contributed by atoms with van der Waals surface area (Å²) in [6, 6.07) is 19.5. The van der Waals surface area contributed by atoms with Gasteiger partial charge in [-0.25, -0.2) is 14.5 Å². The van der Waals surface area contributed by atoms with Crippen LogP contribution in [0.15, 0.2) is 78.0 Å². The maximum atomic E-state index is 13.0. The summed E-state index contributed by atoms with van der Waals surface area (Å²) in [7, 11) is 0. The van der Waals surface area contributed by atoms with Crippen LogP contribution >= 0.6 is 11.8 Å². The Morgan fingerprint density at radius 1 is 1.09 bits per heavy atom. The molecule has 12 heteroatoms. The molecule has 4 aromatic rings. The van der Waals surface area contributed by atoms with Crippen LogP contribution < -0.4 is 15.0 Å². The predicted octanol–water partition coefficient (Wildman–Crippen LogP) is 8.86. The lowest BCUT2D eigenvalue weighted by atomic mass is 9.95. The van der Waals surface area contributed by atoms with E-state index in [1.165, 1.54) is 46.4 Å². The first-order chi connectivity index (χ1) is 22.4. The second-order valence-electron chi connectivity index (χ2n) is 12.0. The molecule has 1 fully saturated rings. The maximum Gasteiger partial charge on any atom is 0.573 e. The quantitative estimate of drug-likeness (QED) is 0.193. The topological polar surface area (TPSA) is 84.6 Å². The maximum absolute atomic E-state index is 13.0. The van der Waals surface area contributed by atoms with E-state index in [-0.39, 0.29) is 23.7 Å². The molecule has 2 unspecified atom stereocenters. The molecule has 8 nitrogen and oxygen atoms in total. The van der Waals surface area contributed by atoms with E-state index in [4.69, 9.17) is 0 Å². The van der Waals surface area contributed by atoms with Crippen LogP contribution in [-0.4, -0.2) is 50.7 Å². The zero-order valence-electron chi connectivity index (χ0n) is 27.1. The molecular weight excluding hydrogens is 625 g/mol. The molecule has 1 aliphatic rings. The Morgan fingerprint density at radius 2 is 1.81 bits per heavy atom. The van der Waals surface area contributed by atoms with Crippen LogP contribution in [0, 0.1) is 6.92 Å². The second kappa shape index (κ2) is 14.6. The van der Waals surface area contributed by atoms with E-state index in [0.717, 1.165) is 40.6 Å². The van der Waals surface area contributed by atoms with Gasteiger partial charge in [0.2, 0.25) is 0 Å². The van der Waals surface area contributed by atoms with Gasteiger partial charge < -0.3 is 15.0 Å². The standard InChI is InChI=1S/C35H39F3N6O2S/c1-22(2)31-24(4)7-6-8-30(31)44-25(5)18-20-47-34(44)41-33(45)39-19-17-23(3)26-9-11-27(12-10-26)32-40-21-43(42-32)28-13-15-29(16-14-28)46-35(36,37)38/h6-16,21-23,25H,17-20H2,1-5H3,(H,39,45)/b41-34-. The minimum atomic E-state index is -4.75. The van der Waals surface area contributed by atoms with Crippen LogP contribution in [0.25, 0.3) is 17.1 Å². The molecule has 47 heavy (non-hydrogen) atoms. The lowest BCUT2D eigenvalue weighted by molar-refractivity contribution is -0.274. The summed E-state index contributed by atoms with van der Waals surface area (Å²) in [5.41, 5.74) is 6.11. The smallest absolute Gasteiger partial charge is 0.406 e. The molecule has 0 spiro atoms. The number of rotatable bonds is 9. The summed E-state index contributed by atoms with van der Waals surface area (Å²) >= 11 is 1.62. The molecule has 0 radical (unpaired) electrons. The van der Waals surface area contributed by atoms with Crippen molar-refractivity contribution < 1.29 is 22.7 Å². The summed E-state index contributed by atoms with van der Waals surface area (Å²) in [5, 5.41) is 8.19. The van der Waals surface area contributed by atoms with Crippen molar-refractivity contribution in [3.05, 3.63) is 89.7 Å². The van der Waals surface area contributed by atoms with Crippen molar-refractivity contribution in [3.8, 4) is 22.8 Å². The number of nitrogens with one attached hydrogen (secondary N) is 1. The SMILES string of the molecule is Cc1cccc(N2/C(=N/C(=O)NCCC(C)c3ccc(-c4ncn(-c5ccc(OC(F)(F)F)cc5)n4)cc3)SCCC2C)c1C(C)C. The van der Waals surface area contributed by atoms with Crippen LogP contribution in [0.2, 0.25) is 0 Å². The molecule has 0 aliphatic carbocycles. The highest BCUT2D eigenvalue weighted by Crippen LogP contribution is 2.36. The van der Waals surface area contributed by atoms with Gasteiger partial charge in [-0.05, 0) is 85.5 Å². The average molecular weight is 665 g/mol. The van der Waals surface area contributed by atoms with Gasteiger partial charge in [0, 0.05) is 29.6 Å². The van der Waals surface area contributed by atoms with Gasteiger partial charge in [0.1, 0.15) is 12.1 Å². The molecule has 1 N–H and O–H groups in total. The van der Waals surface area contributed by atoms with E-state index in [2.05, 4.69) is 82.8 Å². The van der Waals surface area contributed by atoms with Crippen molar-refractivity contribution in [1.29, 1.82) is 0 Å². The van der Waals surface area contributed by atoms with Gasteiger partial charge in [-0.3, -0.25) is 0 Å². The third-order valence-corrected chi connectivity index (χ3v) is 9.15. The van der Waals surface area contributed by atoms with Gasteiger partial charge in [-0.1, -0.05) is 68.9 Å². The number of amides is 2. The molecule has 1 aliphatic heterocycles. The number of alkyl halides is 3. The number of nitrogens with zero attached hydrogens (tertiary/aromatic N) is 5. The van der Waals surface area contributed by atoms with Gasteiger partial charge in [0.05, 0.1) is 5.69 Å². The third-order valence-electron chi connectivity index (χ3n) is 8.17. The fourth-order valence-electron chi connectivity index (χ4n) is 5.73. The van der Waals surface area contributed by atoms with Crippen LogP contribution in [0.3, 0.4) is 0 Å². The molecule has 5 rings (SSSR count). The molecule has 2 amide bonds. The Labute approximate surface area is 277 Å². The first-order valence-electron chi connectivity index (χ1n) is 15.7. The second-order valence-corrected chi connectivity index (χ2v) is 13.1. The monoisotopic (exact) mass is 664 g/mol. The highest BCUT2D eigenvalue weighted by Gasteiger charge is 2.31. The van der Waals surface area contributed by atoms with Crippen LogP contribution in [0.1, 0.15) is 69.1 Å². The zero-order chi connectivity index (χ0) is 33.7. The predicted molar refractivity (Wildman–Crippen MR) is 182 cm³/mol. The molecule has 1 aromatic heterocycles. The summed E-state index contributed by atoms with van der Waals surface area (Å²) in [6.45, 7) is 11.3. The van der Waals surface area contributed by atoms with E-state index >= 15 is 0 Å². The number of hydrogen-bond acceptors (Lipinski definition) is 5. The minimum absolute atomic E-state index is 0.182. The van der Waals surface area contributed by atoms with Gasteiger partial charge in [-0.2, -0.15) is 4.99 Å². The lowest BCUT2D eigenvalue weighted by Crippen LogP contribution is -2.43. The number of amidine groups is 1. The van der Waals surface area contributed by atoms with E-state index in [0.29, 0.717) is 24.0 Å². The summed E-state index contributed by atoms with van der Waals surface area (Å²) in [6.07, 6.45) is -1.49. The molecule has 0 saturated carbocycles. The third kappa shape index (κ3) is 8.54. The molecule has 2 heterocycles. The number of anilines is 1. The lowest BCUT2D eigenvalue weighted by Gasteiger charge is -2.37. The highest BCUT2D eigenvalue weighted by molar-refractivity contribution is 8.14. The Kier molecular flexibility index (Phi) is 10.6. The fourth-order valence-corrected chi connectivity index (χ4v) is 6.94.